The van der Waals surface area contributed by atoms with E-state index >= 15 is 0 Å². The topological polar surface area (TPSA) is 75.2 Å². The quantitative estimate of drug-likeness (QED) is 0.877. The Labute approximate surface area is 126 Å². The number of nitrogens with one attached hydrogen (secondary N) is 1. The second kappa shape index (κ2) is 4.92. The van der Waals surface area contributed by atoms with Crippen LogP contribution in [0.1, 0.15) is 23.1 Å². The van der Waals surface area contributed by atoms with Gasteiger partial charge in [-0.05, 0) is 37.5 Å². The summed E-state index contributed by atoms with van der Waals surface area (Å²) in [6.45, 7) is 3.82. The fourth-order valence-corrected chi connectivity index (χ4v) is 3.07. The molecule has 108 valence electrons. The number of hydrogen-bond donors (Lipinski definition) is 1. The monoisotopic (exact) mass is 302 g/mol. The number of nitrogens with zero attached hydrogens (tertiary/aromatic N) is 3. The zero-order valence-corrected chi connectivity index (χ0v) is 12.5. The Morgan fingerprint density at radius 3 is 2.86 bits per heavy atom. The van der Waals surface area contributed by atoms with Crippen LogP contribution in [-0.2, 0) is 16.9 Å². The van der Waals surface area contributed by atoms with Crippen LogP contribution in [0.15, 0.2) is 30.6 Å². The molecule has 0 bridgehead atoms. The van der Waals surface area contributed by atoms with Crippen LogP contribution in [0.5, 0.6) is 0 Å². The molecule has 0 aromatic carbocycles. The van der Waals surface area contributed by atoms with Crippen molar-refractivity contribution < 1.29 is 9.59 Å². The first-order valence-corrected chi connectivity index (χ1v) is 7.25. The van der Waals surface area contributed by atoms with Crippen molar-refractivity contribution >= 4 is 23.5 Å². The van der Waals surface area contributed by atoms with Crippen LogP contribution in [0.4, 0.5) is 4.79 Å². The van der Waals surface area contributed by atoms with Crippen LogP contribution >= 0.6 is 11.5 Å². The first-order chi connectivity index (χ1) is 10.0. The van der Waals surface area contributed by atoms with Gasteiger partial charge in [0.1, 0.15) is 5.54 Å². The van der Waals surface area contributed by atoms with Crippen molar-refractivity contribution in [2.45, 2.75) is 25.9 Å². The number of rotatable bonds is 3. The lowest BCUT2D eigenvalue weighted by Crippen LogP contribution is -2.40. The van der Waals surface area contributed by atoms with Crippen molar-refractivity contribution in [1.82, 2.24) is 19.6 Å². The predicted molar refractivity (Wildman–Crippen MR) is 77.5 cm³/mol. The Morgan fingerprint density at radius 2 is 2.24 bits per heavy atom. The molecule has 1 unspecified atom stereocenters. The molecule has 1 fully saturated rings. The number of hydrogen-bond acceptors (Lipinski definition) is 5. The molecule has 1 atom stereocenters. The third-order valence-electron chi connectivity index (χ3n) is 3.50. The van der Waals surface area contributed by atoms with E-state index < -0.39 is 11.6 Å². The minimum atomic E-state index is -1.06. The summed E-state index contributed by atoms with van der Waals surface area (Å²) in [6, 6.07) is 5.02. The van der Waals surface area contributed by atoms with E-state index in [-0.39, 0.29) is 12.5 Å². The normalized spacial score (nSPS) is 21.7. The van der Waals surface area contributed by atoms with E-state index in [0.29, 0.717) is 5.56 Å². The molecule has 2 aromatic heterocycles. The van der Waals surface area contributed by atoms with Crippen molar-refractivity contribution in [3.05, 3.63) is 46.7 Å². The number of urea groups is 1. The van der Waals surface area contributed by atoms with Crippen molar-refractivity contribution in [3.63, 3.8) is 0 Å². The first kappa shape index (κ1) is 13.7. The highest BCUT2D eigenvalue weighted by Crippen LogP contribution is 2.29. The molecular formula is C14H14N4O2S. The van der Waals surface area contributed by atoms with Crippen LogP contribution in [0, 0.1) is 6.92 Å². The van der Waals surface area contributed by atoms with Crippen LogP contribution in [-0.4, -0.2) is 26.2 Å². The summed E-state index contributed by atoms with van der Waals surface area (Å²) >= 11 is 1.30. The molecule has 7 heteroatoms. The maximum Gasteiger partial charge on any atom is 0.325 e. The van der Waals surface area contributed by atoms with Crippen LogP contribution in [0.25, 0.3) is 0 Å². The highest BCUT2D eigenvalue weighted by Gasteiger charge is 2.49. The second-order valence-electron chi connectivity index (χ2n) is 5.12. The molecule has 6 nitrogen and oxygen atoms in total. The molecule has 3 rings (SSSR count). The molecule has 3 heterocycles. The van der Waals surface area contributed by atoms with Gasteiger partial charge in [0.25, 0.3) is 5.91 Å². The van der Waals surface area contributed by atoms with Crippen LogP contribution < -0.4 is 5.32 Å². The minimum absolute atomic E-state index is 0.242. The lowest BCUT2D eigenvalue weighted by atomic mass is 9.93. The third-order valence-corrected chi connectivity index (χ3v) is 4.37. The molecule has 1 aliphatic heterocycles. The number of imide groups is 1. The van der Waals surface area contributed by atoms with E-state index in [0.717, 1.165) is 10.6 Å². The van der Waals surface area contributed by atoms with Gasteiger partial charge in [-0.2, -0.15) is 4.37 Å². The molecule has 21 heavy (non-hydrogen) atoms. The third kappa shape index (κ3) is 2.29. The van der Waals surface area contributed by atoms with Gasteiger partial charge in [0.2, 0.25) is 0 Å². The van der Waals surface area contributed by atoms with Gasteiger partial charge in [0.15, 0.2) is 0 Å². The number of carbonyl (C=O) groups is 2. The standard InChI is InChI=1S/C14H14N4O2S/c1-9-6-11(21-17-9)8-18-12(19)14(2,16-13(18)20)10-4-3-5-15-7-10/h3-7H,8H2,1-2H3,(H,16,20). The lowest BCUT2D eigenvalue weighted by Gasteiger charge is -2.21. The Bertz CT molecular complexity index is 700. The van der Waals surface area contributed by atoms with Gasteiger partial charge in [-0.3, -0.25) is 14.7 Å². The maximum atomic E-state index is 12.6. The Kier molecular flexibility index (Phi) is 3.21. The van der Waals surface area contributed by atoms with Gasteiger partial charge < -0.3 is 5.32 Å². The number of aryl methyl sites for hydroxylation is 1. The molecule has 0 radical (unpaired) electrons. The summed E-state index contributed by atoms with van der Waals surface area (Å²) in [7, 11) is 0. The van der Waals surface area contributed by atoms with E-state index in [1.807, 2.05) is 13.0 Å². The van der Waals surface area contributed by atoms with Crippen molar-refractivity contribution in [2.75, 3.05) is 0 Å². The molecule has 1 N–H and O–H groups in total. The number of carbonyl (C=O) groups excluding carboxylic acids is 2. The Balaban J connectivity index is 1.88. The highest BCUT2D eigenvalue weighted by atomic mass is 32.1. The first-order valence-electron chi connectivity index (χ1n) is 6.47. The average molecular weight is 302 g/mol. The second-order valence-corrected chi connectivity index (χ2v) is 6.01. The largest absolute Gasteiger partial charge is 0.325 e. The van der Waals surface area contributed by atoms with E-state index in [4.69, 9.17) is 0 Å². The van der Waals surface area contributed by atoms with E-state index in [1.165, 1.54) is 16.4 Å². The fourth-order valence-electron chi connectivity index (χ4n) is 2.34. The van der Waals surface area contributed by atoms with Crippen molar-refractivity contribution in [2.24, 2.45) is 0 Å². The van der Waals surface area contributed by atoms with Gasteiger partial charge in [-0.15, -0.1) is 0 Å². The van der Waals surface area contributed by atoms with Gasteiger partial charge in [-0.25, -0.2) is 4.79 Å². The molecule has 3 amide bonds. The predicted octanol–water partition coefficient (Wildman–Crippen LogP) is 1.81. The van der Waals surface area contributed by atoms with E-state index in [9.17, 15) is 9.59 Å². The van der Waals surface area contributed by atoms with E-state index in [2.05, 4.69) is 14.7 Å². The van der Waals surface area contributed by atoms with Gasteiger partial charge in [-0.1, -0.05) is 6.07 Å². The lowest BCUT2D eigenvalue weighted by molar-refractivity contribution is -0.131. The van der Waals surface area contributed by atoms with Gasteiger partial charge in [0.05, 0.1) is 12.2 Å². The summed E-state index contributed by atoms with van der Waals surface area (Å²) in [6.07, 6.45) is 3.23. The molecular weight excluding hydrogens is 288 g/mol. The molecule has 0 aliphatic carbocycles. The minimum Gasteiger partial charge on any atom is -0.319 e. The van der Waals surface area contributed by atoms with Crippen LogP contribution in [0.3, 0.4) is 0 Å². The average Bonchev–Trinajstić information content (AvgIpc) is 2.98. The summed E-state index contributed by atoms with van der Waals surface area (Å²) < 4.78 is 4.17. The van der Waals surface area contributed by atoms with E-state index in [1.54, 1.807) is 31.5 Å². The van der Waals surface area contributed by atoms with Gasteiger partial charge >= 0.3 is 6.03 Å². The summed E-state index contributed by atoms with van der Waals surface area (Å²) in [5, 5.41) is 2.76. The smallest absolute Gasteiger partial charge is 0.319 e. The zero-order valence-electron chi connectivity index (χ0n) is 11.7. The maximum absolute atomic E-state index is 12.6. The van der Waals surface area contributed by atoms with Crippen molar-refractivity contribution in [3.8, 4) is 0 Å². The van der Waals surface area contributed by atoms with Gasteiger partial charge in [0, 0.05) is 22.8 Å². The highest BCUT2D eigenvalue weighted by molar-refractivity contribution is 7.05. The number of amides is 3. The molecule has 1 aliphatic rings. The Hall–Kier alpha value is -2.28. The zero-order chi connectivity index (χ0) is 15.0. The molecule has 0 spiro atoms. The van der Waals surface area contributed by atoms with Crippen LogP contribution in [0.2, 0.25) is 0 Å². The SMILES string of the molecule is Cc1cc(CN2C(=O)NC(C)(c3cccnc3)C2=O)sn1. The molecule has 0 saturated carbocycles. The number of aromatic nitrogens is 2. The summed E-state index contributed by atoms with van der Waals surface area (Å²) in [5.74, 6) is -0.272. The molecule has 2 aromatic rings. The summed E-state index contributed by atoms with van der Waals surface area (Å²) in [5.41, 5.74) is 0.494. The number of pyridine rings is 1. The summed E-state index contributed by atoms with van der Waals surface area (Å²) in [4.78, 5) is 30.9. The Morgan fingerprint density at radius 1 is 1.43 bits per heavy atom. The molecule has 1 saturated heterocycles. The fraction of sp³-hybridized carbons (Fsp3) is 0.286. The van der Waals surface area contributed by atoms with Crippen molar-refractivity contribution in [1.29, 1.82) is 0 Å².